The molecule has 0 radical (unpaired) electrons. The Kier molecular flexibility index (Phi) is 4.13. The molecule has 3 N–H and O–H groups in total. The van der Waals surface area contributed by atoms with Crippen LogP contribution in [0.25, 0.3) is 0 Å². The van der Waals surface area contributed by atoms with Gasteiger partial charge in [-0.25, -0.2) is 0 Å². The fourth-order valence-corrected chi connectivity index (χ4v) is 3.00. The van der Waals surface area contributed by atoms with Gasteiger partial charge in [-0.1, -0.05) is 18.6 Å². The molecule has 104 valence electrons. The van der Waals surface area contributed by atoms with Gasteiger partial charge in [0.1, 0.15) is 5.84 Å². The van der Waals surface area contributed by atoms with Crippen LogP contribution in [0.2, 0.25) is 0 Å². The van der Waals surface area contributed by atoms with Gasteiger partial charge in [-0.15, -0.1) is 0 Å². The third-order valence-corrected chi connectivity index (χ3v) is 4.36. The van der Waals surface area contributed by atoms with Gasteiger partial charge in [0.25, 0.3) is 0 Å². The second-order valence-corrected chi connectivity index (χ2v) is 5.96. The molecule has 0 aromatic heterocycles. The Morgan fingerprint density at radius 2 is 1.89 bits per heavy atom. The molecule has 0 atom stereocenters. The number of nitrogens with zero attached hydrogens (tertiary/aromatic N) is 1. The minimum Gasteiger partial charge on any atom is -0.384 e. The smallest absolute Gasteiger partial charge is 0.124 e. The molecule has 3 nitrogen and oxygen atoms in total. The molecular formula is C16H25N3. The number of aryl methyl sites for hydroxylation is 1. The van der Waals surface area contributed by atoms with E-state index in [2.05, 4.69) is 31.0 Å². The lowest BCUT2D eigenvalue weighted by Gasteiger charge is -2.36. The molecule has 0 amide bonds. The molecule has 0 aliphatic heterocycles. The van der Waals surface area contributed by atoms with Crippen LogP contribution in [-0.4, -0.2) is 18.9 Å². The lowest BCUT2D eigenvalue weighted by Crippen LogP contribution is -2.36. The number of nitrogens with two attached hydrogens (primary N) is 1. The van der Waals surface area contributed by atoms with Gasteiger partial charge in [0.2, 0.25) is 0 Å². The third kappa shape index (κ3) is 3.09. The van der Waals surface area contributed by atoms with Crippen LogP contribution in [0.3, 0.4) is 0 Å². The number of hydrogen-bond donors (Lipinski definition) is 2. The van der Waals surface area contributed by atoms with E-state index in [4.69, 9.17) is 11.1 Å². The van der Waals surface area contributed by atoms with E-state index in [-0.39, 0.29) is 5.84 Å². The summed E-state index contributed by atoms with van der Waals surface area (Å²) in [7, 11) is 2.14. The maximum absolute atomic E-state index is 7.76. The summed E-state index contributed by atoms with van der Waals surface area (Å²) in [4.78, 5) is 2.32. The Bertz CT molecular complexity index is 459. The zero-order chi connectivity index (χ0) is 14.0. The highest BCUT2D eigenvalue weighted by molar-refractivity contribution is 6.00. The Hall–Kier alpha value is -1.51. The van der Waals surface area contributed by atoms with Crippen LogP contribution < -0.4 is 10.6 Å². The lowest BCUT2D eigenvalue weighted by atomic mass is 9.86. The number of hydrogen-bond acceptors (Lipinski definition) is 2. The zero-order valence-electron chi connectivity index (χ0n) is 12.2. The summed E-state index contributed by atoms with van der Waals surface area (Å²) in [6.07, 6.45) is 5.08. The van der Waals surface area contributed by atoms with E-state index >= 15 is 0 Å². The van der Waals surface area contributed by atoms with Crippen molar-refractivity contribution in [3.05, 3.63) is 29.3 Å². The fourth-order valence-electron chi connectivity index (χ4n) is 3.00. The monoisotopic (exact) mass is 259 g/mol. The van der Waals surface area contributed by atoms with Crippen molar-refractivity contribution >= 4 is 11.5 Å². The van der Waals surface area contributed by atoms with Crippen molar-refractivity contribution < 1.29 is 0 Å². The van der Waals surface area contributed by atoms with E-state index in [0.29, 0.717) is 6.04 Å². The van der Waals surface area contributed by atoms with Crippen LogP contribution in [0.4, 0.5) is 5.69 Å². The summed E-state index contributed by atoms with van der Waals surface area (Å²) in [6, 6.07) is 6.80. The van der Waals surface area contributed by atoms with Crippen LogP contribution in [0.15, 0.2) is 18.2 Å². The average molecular weight is 259 g/mol. The molecule has 1 aliphatic rings. The number of amidine groups is 1. The summed E-state index contributed by atoms with van der Waals surface area (Å²) in [5, 5.41) is 7.76. The van der Waals surface area contributed by atoms with Crippen LogP contribution >= 0.6 is 0 Å². The minimum atomic E-state index is 0.162. The molecule has 1 fully saturated rings. The van der Waals surface area contributed by atoms with Gasteiger partial charge in [-0.3, -0.25) is 5.41 Å². The van der Waals surface area contributed by atoms with Gasteiger partial charge in [0.05, 0.1) is 0 Å². The Morgan fingerprint density at radius 1 is 1.26 bits per heavy atom. The number of rotatable bonds is 3. The van der Waals surface area contributed by atoms with Gasteiger partial charge in [0.15, 0.2) is 0 Å². The molecule has 1 aromatic rings. The highest BCUT2D eigenvalue weighted by Gasteiger charge is 2.23. The van der Waals surface area contributed by atoms with E-state index < -0.39 is 0 Å². The van der Waals surface area contributed by atoms with Crippen molar-refractivity contribution in [2.24, 2.45) is 11.7 Å². The van der Waals surface area contributed by atoms with Crippen LogP contribution in [0, 0.1) is 18.3 Å². The zero-order valence-corrected chi connectivity index (χ0v) is 12.2. The molecular weight excluding hydrogens is 234 g/mol. The first kappa shape index (κ1) is 13.9. The van der Waals surface area contributed by atoms with Crippen molar-refractivity contribution in [3.8, 4) is 0 Å². The Labute approximate surface area is 116 Å². The fraction of sp³-hybridized carbons (Fsp3) is 0.562. The Balaban J connectivity index is 2.23. The van der Waals surface area contributed by atoms with Crippen LogP contribution in [-0.2, 0) is 0 Å². The molecule has 0 saturated heterocycles. The number of anilines is 1. The van der Waals surface area contributed by atoms with Crippen molar-refractivity contribution in [2.75, 3.05) is 11.9 Å². The normalized spacial score (nSPS) is 23.1. The van der Waals surface area contributed by atoms with Crippen molar-refractivity contribution in [3.63, 3.8) is 0 Å². The van der Waals surface area contributed by atoms with Crippen LogP contribution in [0.5, 0.6) is 0 Å². The summed E-state index contributed by atoms with van der Waals surface area (Å²) in [6.45, 7) is 4.38. The van der Waals surface area contributed by atoms with Gasteiger partial charge < -0.3 is 10.6 Å². The van der Waals surface area contributed by atoms with Gasteiger partial charge >= 0.3 is 0 Å². The average Bonchev–Trinajstić information content (AvgIpc) is 2.38. The first-order valence-electron chi connectivity index (χ1n) is 7.17. The van der Waals surface area contributed by atoms with Crippen molar-refractivity contribution in [1.82, 2.24) is 0 Å². The van der Waals surface area contributed by atoms with E-state index in [9.17, 15) is 0 Å². The molecule has 0 bridgehead atoms. The minimum absolute atomic E-state index is 0.162. The summed E-state index contributed by atoms with van der Waals surface area (Å²) >= 11 is 0. The molecule has 19 heavy (non-hydrogen) atoms. The molecule has 1 aliphatic carbocycles. The quantitative estimate of drug-likeness (QED) is 0.646. The third-order valence-electron chi connectivity index (χ3n) is 4.36. The van der Waals surface area contributed by atoms with Gasteiger partial charge in [-0.05, 0) is 50.7 Å². The molecule has 0 unspecified atom stereocenters. The highest BCUT2D eigenvalue weighted by Crippen LogP contribution is 2.31. The second kappa shape index (κ2) is 5.64. The molecule has 1 aromatic carbocycles. The molecule has 0 heterocycles. The maximum atomic E-state index is 7.76. The standard InChI is InChI=1S/C16H25N3/c1-11-4-7-13(8-5-11)19(3)15-9-6-12(2)10-14(15)16(17)18/h6,9-11,13H,4-5,7-8H2,1-3H3,(H3,17,18). The van der Waals surface area contributed by atoms with E-state index in [1.165, 1.54) is 25.7 Å². The number of benzene rings is 1. The first-order valence-corrected chi connectivity index (χ1v) is 7.17. The first-order chi connectivity index (χ1) is 8.99. The summed E-state index contributed by atoms with van der Waals surface area (Å²) < 4.78 is 0. The Morgan fingerprint density at radius 3 is 2.47 bits per heavy atom. The van der Waals surface area contributed by atoms with E-state index in [1.807, 2.05) is 13.0 Å². The van der Waals surface area contributed by atoms with Crippen molar-refractivity contribution in [1.29, 1.82) is 5.41 Å². The highest BCUT2D eigenvalue weighted by atomic mass is 15.1. The topological polar surface area (TPSA) is 53.1 Å². The second-order valence-electron chi connectivity index (χ2n) is 5.96. The van der Waals surface area contributed by atoms with E-state index in [0.717, 1.165) is 22.7 Å². The molecule has 3 heteroatoms. The van der Waals surface area contributed by atoms with E-state index in [1.54, 1.807) is 0 Å². The number of nitrogens with one attached hydrogen (secondary N) is 1. The summed E-state index contributed by atoms with van der Waals surface area (Å²) in [5.74, 6) is 1.02. The molecule has 0 spiro atoms. The predicted molar refractivity (Wildman–Crippen MR) is 82.0 cm³/mol. The molecule has 1 saturated carbocycles. The maximum Gasteiger partial charge on any atom is 0.124 e. The predicted octanol–water partition coefficient (Wildman–Crippen LogP) is 3.29. The molecule has 2 rings (SSSR count). The number of nitrogen functional groups attached to an aromatic ring is 1. The summed E-state index contributed by atoms with van der Waals surface area (Å²) in [5.41, 5.74) is 8.84. The lowest BCUT2D eigenvalue weighted by molar-refractivity contribution is 0.340. The van der Waals surface area contributed by atoms with Gasteiger partial charge in [0, 0.05) is 24.3 Å². The van der Waals surface area contributed by atoms with Crippen molar-refractivity contribution in [2.45, 2.75) is 45.6 Å². The van der Waals surface area contributed by atoms with Crippen LogP contribution in [0.1, 0.15) is 43.7 Å². The largest absolute Gasteiger partial charge is 0.384 e. The SMILES string of the molecule is Cc1ccc(N(C)C2CCC(C)CC2)c(C(=N)N)c1. The van der Waals surface area contributed by atoms with Gasteiger partial charge in [-0.2, -0.15) is 0 Å².